The number of amides is 2. The van der Waals surface area contributed by atoms with Gasteiger partial charge in [-0.3, -0.25) is 14.5 Å². The second kappa shape index (κ2) is 6.16. The standard InChI is InChI=1S/C16H11ClF2N2O3/c1-8(9-6-7-12(17)20-13(9)24-16(18)19)21-14(22)10-4-2-3-5-11(10)15(21)23/h2-8,16H,1H3/t8-/m0/s1. The molecule has 0 aliphatic carbocycles. The zero-order valence-corrected chi connectivity index (χ0v) is 13.1. The Labute approximate surface area is 140 Å². The molecule has 0 fully saturated rings. The van der Waals surface area contributed by atoms with E-state index < -0.39 is 30.3 Å². The fourth-order valence-corrected chi connectivity index (χ4v) is 2.76. The summed E-state index contributed by atoms with van der Waals surface area (Å²) < 4.78 is 29.6. The van der Waals surface area contributed by atoms with Gasteiger partial charge in [0.1, 0.15) is 5.15 Å². The summed E-state index contributed by atoms with van der Waals surface area (Å²) in [6.45, 7) is -1.57. The van der Waals surface area contributed by atoms with Gasteiger partial charge in [0.05, 0.1) is 17.2 Å². The number of hydrogen-bond donors (Lipinski definition) is 0. The third-order valence-electron chi connectivity index (χ3n) is 3.72. The lowest BCUT2D eigenvalue weighted by Crippen LogP contribution is -2.33. The van der Waals surface area contributed by atoms with Crippen LogP contribution in [-0.2, 0) is 0 Å². The van der Waals surface area contributed by atoms with E-state index in [1.54, 1.807) is 24.3 Å². The van der Waals surface area contributed by atoms with Crippen molar-refractivity contribution in [3.8, 4) is 5.88 Å². The molecule has 3 rings (SSSR count). The van der Waals surface area contributed by atoms with E-state index in [9.17, 15) is 18.4 Å². The van der Waals surface area contributed by atoms with Gasteiger partial charge >= 0.3 is 6.61 Å². The van der Waals surface area contributed by atoms with Crippen LogP contribution in [0.1, 0.15) is 39.2 Å². The van der Waals surface area contributed by atoms with Crippen molar-refractivity contribution in [2.24, 2.45) is 0 Å². The summed E-state index contributed by atoms with van der Waals surface area (Å²) in [5.41, 5.74) is 0.703. The van der Waals surface area contributed by atoms with Crippen molar-refractivity contribution in [2.75, 3.05) is 0 Å². The average Bonchev–Trinajstić information content (AvgIpc) is 2.78. The Kier molecular flexibility index (Phi) is 4.19. The second-order valence-electron chi connectivity index (χ2n) is 5.11. The predicted octanol–water partition coefficient (Wildman–Crippen LogP) is 3.69. The number of nitrogens with zero attached hydrogens (tertiary/aromatic N) is 2. The number of alkyl halides is 2. The molecule has 8 heteroatoms. The fourth-order valence-electron chi connectivity index (χ4n) is 2.62. The molecule has 1 aliphatic rings. The van der Waals surface area contributed by atoms with Gasteiger partial charge in [-0.15, -0.1) is 0 Å². The molecule has 0 saturated carbocycles. The van der Waals surface area contributed by atoms with Crippen LogP contribution in [0.25, 0.3) is 0 Å². The SMILES string of the molecule is C[C@@H](c1ccc(Cl)nc1OC(F)F)N1C(=O)c2ccccc2C1=O. The molecule has 24 heavy (non-hydrogen) atoms. The summed E-state index contributed by atoms with van der Waals surface area (Å²) in [7, 11) is 0. The van der Waals surface area contributed by atoms with Gasteiger partial charge in [-0.2, -0.15) is 8.78 Å². The topological polar surface area (TPSA) is 59.5 Å². The van der Waals surface area contributed by atoms with Crippen LogP contribution >= 0.6 is 11.6 Å². The summed E-state index contributed by atoms with van der Waals surface area (Å²) in [6, 6.07) is 8.31. The summed E-state index contributed by atoms with van der Waals surface area (Å²) in [6.07, 6.45) is 0. The van der Waals surface area contributed by atoms with Gasteiger partial charge in [-0.1, -0.05) is 23.7 Å². The molecule has 1 aromatic heterocycles. The number of fused-ring (bicyclic) bond motifs is 1. The van der Waals surface area contributed by atoms with Crippen molar-refractivity contribution in [1.29, 1.82) is 0 Å². The zero-order chi connectivity index (χ0) is 17.4. The Balaban J connectivity index is 2.00. The maximum atomic E-state index is 12.6. The third kappa shape index (κ3) is 2.71. The van der Waals surface area contributed by atoms with Crippen LogP contribution in [0.15, 0.2) is 36.4 Å². The van der Waals surface area contributed by atoms with Crippen LogP contribution in [0.4, 0.5) is 8.78 Å². The van der Waals surface area contributed by atoms with Gasteiger partial charge in [0.2, 0.25) is 5.88 Å². The van der Waals surface area contributed by atoms with E-state index in [-0.39, 0.29) is 21.8 Å². The summed E-state index contributed by atoms with van der Waals surface area (Å²) >= 11 is 5.71. The smallest absolute Gasteiger partial charge is 0.388 e. The van der Waals surface area contributed by atoms with Crippen molar-refractivity contribution < 1.29 is 23.1 Å². The molecular weight excluding hydrogens is 342 g/mol. The van der Waals surface area contributed by atoms with Crippen LogP contribution in [0.3, 0.4) is 0 Å². The number of ether oxygens (including phenoxy) is 1. The molecule has 0 spiro atoms. The molecule has 2 heterocycles. The van der Waals surface area contributed by atoms with Crippen LogP contribution in [-0.4, -0.2) is 28.3 Å². The Hall–Kier alpha value is -2.54. The van der Waals surface area contributed by atoms with E-state index in [0.29, 0.717) is 0 Å². The number of carbonyl (C=O) groups is 2. The number of halogens is 3. The van der Waals surface area contributed by atoms with Gasteiger partial charge in [-0.25, -0.2) is 4.98 Å². The van der Waals surface area contributed by atoms with Gasteiger partial charge < -0.3 is 4.74 Å². The molecule has 0 radical (unpaired) electrons. The minimum absolute atomic E-state index is 0.0380. The summed E-state index contributed by atoms with van der Waals surface area (Å²) in [4.78, 5) is 29.7. The van der Waals surface area contributed by atoms with Gasteiger partial charge in [0, 0.05) is 5.56 Å². The fraction of sp³-hybridized carbons (Fsp3) is 0.188. The first-order chi connectivity index (χ1) is 11.4. The highest BCUT2D eigenvalue weighted by molar-refractivity contribution is 6.29. The first-order valence-electron chi connectivity index (χ1n) is 6.98. The molecule has 1 atom stereocenters. The Morgan fingerprint density at radius 1 is 1.08 bits per heavy atom. The number of benzene rings is 1. The lowest BCUT2D eigenvalue weighted by Gasteiger charge is -2.24. The largest absolute Gasteiger partial charge is 0.416 e. The summed E-state index contributed by atoms with van der Waals surface area (Å²) in [5.74, 6) is -1.41. The number of imide groups is 1. The molecule has 2 amide bonds. The number of aromatic nitrogens is 1. The van der Waals surface area contributed by atoms with Crippen LogP contribution in [0.5, 0.6) is 5.88 Å². The Morgan fingerprint density at radius 2 is 1.67 bits per heavy atom. The highest BCUT2D eigenvalue weighted by Gasteiger charge is 2.39. The zero-order valence-electron chi connectivity index (χ0n) is 12.4. The normalized spacial score (nSPS) is 15.0. The van der Waals surface area contributed by atoms with Crippen LogP contribution in [0, 0.1) is 0 Å². The van der Waals surface area contributed by atoms with Crippen LogP contribution in [0.2, 0.25) is 5.15 Å². The molecule has 0 saturated heterocycles. The van der Waals surface area contributed by atoms with Crippen molar-refractivity contribution in [2.45, 2.75) is 19.6 Å². The third-order valence-corrected chi connectivity index (χ3v) is 3.93. The van der Waals surface area contributed by atoms with E-state index in [1.807, 2.05) is 0 Å². The predicted molar refractivity (Wildman–Crippen MR) is 81.2 cm³/mol. The van der Waals surface area contributed by atoms with Crippen molar-refractivity contribution in [3.05, 3.63) is 58.2 Å². The highest BCUT2D eigenvalue weighted by Crippen LogP contribution is 2.35. The van der Waals surface area contributed by atoms with Crippen molar-refractivity contribution in [1.82, 2.24) is 9.88 Å². The molecular formula is C16H11ClF2N2O3. The molecule has 0 bridgehead atoms. The summed E-state index contributed by atoms with van der Waals surface area (Å²) in [5, 5.41) is -0.0380. The molecule has 0 unspecified atom stereocenters. The van der Waals surface area contributed by atoms with E-state index in [2.05, 4.69) is 9.72 Å². The minimum Gasteiger partial charge on any atom is -0.416 e. The van der Waals surface area contributed by atoms with Crippen LogP contribution < -0.4 is 4.74 Å². The quantitative estimate of drug-likeness (QED) is 0.622. The minimum atomic E-state index is -3.11. The second-order valence-corrected chi connectivity index (χ2v) is 5.50. The molecule has 1 aromatic carbocycles. The Morgan fingerprint density at radius 3 is 2.21 bits per heavy atom. The van der Waals surface area contributed by atoms with E-state index in [0.717, 1.165) is 4.90 Å². The van der Waals surface area contributed by atoms with Gasteiger partial charge in [0.25, 0.3) is 11.8 Å². The van der Waals surface area contributed by atoms with E-state index >= 15 is 0 Å². The monoisotopic (exact) mass is 352 g/mol. The van der Waals surface area contributed by atoms with Crippen molar-refractivity contribution >= 4 is 23.4 Å². The molecule has 124 valence electrons. The van der Waals surface area contributed by atoms with Gasteiger partial charge in [0.15, 0.2) is 0 Å². The highest BCUT2D eigenvalue weighted by atomic mass is 35.5. The van der Waals surface area contributed by atoms with Crippen molar-refractivity contribution in [3.63, 3.8) is 0 Å². The number of rotatable bonds is 4. The maximum absolute atomic E-state index is 12.6. The first-order valence-corrected chi connectivity index (χ1v) is 7.36. The van der Waals surface area contributed by atoms with E-state index in [4.69, 9.17) is 11.6 Å². The number of hydrogen-bond acceptors (Lipinski definition) is 4. The van der Waals surface area contributed by atoms with E-state index in [1.165, 1.54) is 19.1 Å². The Bertz CT molecular complexity index is 794. The maximum Gasteiger partial charge on any atom is 0.388 e. The first kappa shape index (κ1) is 16.3. The molecule has 2 aromatic rings. The molecule has 1 aliphatic heterocycles. The van der Waals surface area contributed by atoms with Gasteiger partial charge in [-0.05, 0) is 31.2 Å². The molecule has 0 N–H and O–H groups in total. The average molecular weight is 353 g/mol. The molecule has 5 nitrogen and oxygen atoms in total. The lowest BCUT2D eigenvalue weighted by molar-refractivity contribution is -0.0539. The number of carbonyl (C=O) groups excluding carboxylic acids is 2. The lowest BCUT2D eigenvalue weighted by atomic mass is 10.1. The number of pyridine rings is 1.